The van der Waals surface area contributed by atoms with Gasteiger partial charge in [-0.25, -0.2) is 4.68 Å². The van der Waals surface area contributed by atoms with Gasteiger partial charge in [-0.3, -0.25) is 9.69 Å². The molecule has 0 aliphatic carbocycles. The maximum Gasteiger partial charge on any atom is 0.260 e. The monoisotopic (exact) mass is 380 g/mol. The van der Waals surface area contributed by atoms with Crippen molar-refractivity contribution in [2.24, 2.45) is 5.41 Å². The van der Waals surface area contributed by atoms with Crippen LogP contribution in [-0.2, 0) is 13.1 Å². The molecule has 0 saturated carbocycles. The van der Waals surface area contributed by atoms with Crippen LogP contribution in [0.15, 0.2) is 36.5 Å². The Morgan fingerprint density at radius 1 is 1.07 bits per heavy atom. The van der Waals surface area contributed by atoms with E-state index < -0.39 is 0 Å². The molecule has 2 saturated heterocycles. The van der Waals surface area contributed by atoms with Crippen molar-refractivity contribution in [2.45, 2.75) is 38.8 Å². The molecule has 2 fully saturated rings. The second-order valence-electron chi connectivity index (χ2n) is 8.53. The molecule has 148 valence electrons. The van der Waals surface area contributed by atoms with Gasteiger partial charge in [0.1, 0.15) is 5.56 Å². The molecule has 0 N–H and O–H groups in total. The summed E-state index contributed by atoms with van der Waals surface area (Å²) in [6, 6.07) is 10.7. The second kappa shape index (κ2) is 7.24. The van der Waals surface area contributed by atoms with E-state index in [9.17, 15) is 4.79 Å². The minimum atomic E-state index is 0.0807. The van der Waals surface area contributed by atoms with Crippen LogP contribution in [0.1, 0.15) is 41.6 Å². The van der Waals surface area contributed by atoms with Gasteiger partial charge in [-0.2, -0.15) is 5.10 Å². The molecule has 0 bridgehead atoms. The lowest BCUT2D eigenvalue weighted by atomic mass is 9.77. The quantitative estimate of drug-likeness (QED) is 0.822. The number of carbonyl (C=O) groups is 1. The van der Waals surface area contributed by atoms with Crippen molar-refractivity contribution in [3.05, 3.63) is 47.7 Å². The van der Waals surface area contributed by atoms with Crippen molar-refractivity contribution in [3.8, 4) is 5.88 Å². The summed E-state index contributed by atoms with van der Waals surface area (Å²) in [6.07, 6.45) is 6.06. The van der Waals surface area contributed by atoms with E-state index in [4.69, 9.17) is 4.74 Å². The van der Waals surface area contributed by atoms with E-state index in [1.807, 2.05) is 9.58 Å². The highest BCUT2D eigenvalue weighted by atomic mass is 16.5. The summed E-state index contributed by atoms with van der Waals surface area (Å²) in [4.78, 5) is 17.6. The van der Waals surface area contributed by atoms with Crippen molar-refractivity contribution in [3.63, 3.8) is 0 Å². The summed E-state index contributed by atoms with van der Waals surface area (Å²) in [5.74, 6) is 0.739. The zero-order chi connectivity index (χ0) is 19.0. The summed E-state index contributed by atoms with van der Waals surface area (Å²) in [7, 11) is 0. The first kappa shape index (κ1) is 17.7. The average Bonchev–Trinajstić information content (AvgIpc) is 3.33. The molecule has 2 aromatic rings. The molecule has 1 aromatic carbocycles. The predicted molar refractivity (Wildman–Crippen MR) is 106 cm³/mol. The Bertz CT molecular complexity index is 839. The maximum atomic E-state index is 13.0. The van der Waals surface area contributed by atoms with Crippen molar-refractivity contribution < 1.29 is 9.53 Å². The number of rotatable bonds is 3. The lowest BCUT2D eigenvalue weighted by Gasteiger charge is -2.39. The third-order valence-corrected chi connectivity index (χ3v) is 6.65. The second-order valence-corrected chi connectivity index (χ2v) is 8.53. The standard InChI is InChI=1S/C22H28N4O2/c27-20(19-15-23-26-10-4-14-28-21(19)26)25-12-8-22(9-13-25)7-11-24(17-22)16-18-5-2-1-3-6-18/h1-3,5-6,15H,4,7-14,16-17H2. The topological polar surface area (TPSA) is 50.6 Å². The SMILES string of the molecule is O=C(c1cnn2c1OCCC2)N1CCC2(CCN(Cc3ccccc3)C2)CC1. The van der Waals surface area contributed by atoms with Crippen molar-refractivity contribution in [1.82, 2.24) is 19.6 Å². The zero-order valence-corrected chi connectivity index (χ0v) is 16.3. The first-order chi connectivity index (χ1) is 13.7. The molecule has 1 aromatic heterocycles. The van der Waals surface area contributed by atoms with Gasteiger partial charge in [0.15, 0.2) is 0 Å². The number of amides is 1. The first-order valence-corrected chi connectivity index (χ1v) is 10.5. The number of aryl methyl sites for hydroxylation is 1. The van der Waals surface area contributed by atoms with E-state index in [-0.39, 0.29) is 5.91 Å². The Morgan fingerprint density at radius 3 is 2.68 bits per heavy atom. The Hall–Kier alpha value is -2.34. The molecule has 4 heterocycles. The van der Waals surface area contributed by atoms with Crippen molar-refractivity contribution >= 4 is 5.91 Å². The number of aromatic nitrogens is 2. The van der Waals surface area contributed by atoms with E-state index >= 15 is 0 Å². The molecule has 1 spiro atoms. The number of likely N-dealkylation sites (tertiary alicyclic amines) is 2. The van der Waals surface area contributed by atoms with Gasteiger partial charge in [0.05, 0.1) is 12.8 Å². The number of ether oxygens (including phenoxy) is 1. The number of hydrogen-bond acceptors (Lipinski definition) is 4. The number of carbonyl (C=O) groups excluding carboxylic acids is 1. The van der Waals surface area contributed by atoms with Gasteiger partial charge in [-0.15, -0.1) is 0 Å². The molecule has 0 unspecified atom stereocenters. The molecular formula is C22H28N4O2. The number of nitrogens with zero attached hydrogens (tertiary/aromatic N) is 4. The number of hydrogen-bond donors (Lipinski definition) is 0. The fourth-order valence-corrected chi connectivity index (χ4v) is 4.98. The lowest BCUT2D eigenvalue weighted by Crippen LogP contribution is -2.44. The molecule has 0 atom stereocenters. The molecular weight excluding hydrogens is 352 g/mol. The lowest BCUT2D eigenvalue weighted by molar-refractivity contribution is 0.0582. The van der Waals surface area contributed by atoms with Gasteiger partial charge < -0.3 is 9.64 Å². The highest BCUT2D eigenvalue weighted by molar-refractivity contribution is 5.96. The van der Waals surface area contributed by atoms with E-state index in [2.05, 4.69) is 40.3 Å². The Labute approximate surface area is 166 Å². The van der Waals surface area contributed by atoms with E-state index in [1.54, 1.807) is 6.20 Å². The van der Waals surface area contributed by atoms with Crippen molar-refractivity contribution in [1.29, 1.82) is 0 Å². The van der Waals surface area contributed by atoms with Gasteiger partial charge in [0.2, 0.25) is 5.88 Å². The molecule has 28 heavy (non-hydrogen) atoms. The molecule has 6 heteroatoms. The van der Waals surface area contributed by atoms with Crippen LogP contribution in [-0.4, -0.2) is 58.3 Å². The van der Waals surface area contributed by atoms with Gasteiger partial charge in [0.25, 0.3) is 5.91 Å². The minimum absolute atomic E-state index is 0.0807. The van der Waals surface area contributed by atoms with Crippen LogP contribution >= 0.6 is 0 Å². The highest BCUT2D eigenvalue weighted by Gasteiger charge is 2.41. The van der Waals surface area contributed by atoms with Gasteiger partial charge in [-0.1, -0.05) is 30.3 Å². The Kier molecular flexibility index (Phi) is 4.59. The smallest absolute Gasteiger partial charge is 0.260 e. The van der Waals surface area contributed by atoms with Crippen LogP contribution in [0.25, 0.3) is 0 Å². The van der Waals surface area contributed by atoms with Crippen LogP contribution < -0.4 is 4.74 Å². The highest BCUT2D eigenvalue weighted by Crippen LogP contribution is 2.41. The van der Waals surface area contributed by atoms with Crippen LogP contribution in [0, 0.1) is 5.41 Å². The Balaban J connectivity index is 1.20. The van der Waals surface area contributed by atoms with E-state index in [0.29, 0.717) is 23.5 Å². The number of piperidine rings is 1. The molecule has 1 amide bonds. The molecule has 6 nitrogen and oxygen atoms in total. The predicted octanol–water partition coefficient (Wildman–Crippen LogP) is 2.79. The van der Waals surface area contributed by atoms with E-state index in [0.717, 1.165) is 58.5 Å². The molecule has 3 aliphatic heterocycles. The number of fused-ring (bicyclic) bond motifs is 1. The third-order valence-electron chi connectivity index (χ3n) is 6.65. The fourth-order valence-electron chi connectivity index (χ4n) is 4.98. The Morgan fingerprint density at radius 2 is 1.86 bits per heavy atom. The summed E-state index contributed by atoms with van der Waals surface area (Å²) in [5, 5.41) is 4.33. The number of benzene rings is 1. The molecule has 3 aliphatic rings. The zero-order valence-electron chi connectivity index (χ0n) is 16.3. The van der Waals surface area contributed by atoms with Gasteiger partial charge >= 0.3 is 0 Å². The fraction of sp³-hybridized carbons (Fsp3) is 0.545. The van der Waals surface area contributed by atoms with Gasteiger partial charge in [-0.05, 0) is 36.8 Å². The largest absolute Gasteiger partial charge is 0.477 e. The van der Waals surface area contributed by atoms with Crippen LogP contribution in [0.5, 0.6) is 5.88 Å². The maximum absolute atomic E-state index is 13.0. The van der Waals surface area contributed by atoms with E-state index in [1.165, 1.54) is 12.0 Å². The summed E-state index contributed by atoms with van der Waals surface area (Å²) in [6.45, 7) is 6.52. The molecule has 0 radical (unpaired) electrons. The van der Waals surface area contributed by atoms with Crippen LogP contribution in [0.3, 0.4) is 0 Å². The summed E-state index contributed by atoms with van der Waals surface area (Å²) in [5.41, 5.74) is 2.39. The first-order valence-electron chi connectivity index (χ1n) is 10.5. The average molecular weight is 380 g/mol. The normalized spacial score (nSPS) is 21.5. The van der Waals surface area contributed by atoms with Crippen LogP contribution in [0.4, 0.5) is 0 Å². The van der Waals surface area contributed by atoms with Crippen molar-refractivity contribution in [2.75, 3.05) is 32.8 Å². The third kappa shape index (κ3) is 3.30. The minimum Gasteiger partial charge on any atom is -0.477 e. The molecule has 5 rings (SSSR count). The van der Waals surface area contributed by atoms with Gasteiger partial charge in [0, 0.05) is 39.1 Å². The summed E-state index contributed by atoms with van der Waals surface area (Å²) < 4.78 is 7.54. The summed E-state index contributed by atoms with van der Waals surface area (Å²) >= 11 is 0. The van der Waals surface area contributed by atoms with Crippen LogP contribution in [0.2, 0.25) is 0 Å².